The van der Waals surface area contributed by atoms with Crippen molar-refractivity contribution in [2.24, 2.45) is 7.05 Å². The Hall–Kier alpha value is -3.05. The highest BCUT2D eigenvalue weighted by molar-refractivity contribution is 6.32. The van der Waals surface area contributed by atoms with Gasteiger partial charge in [0.2, 0.25) is 5.78 Å². The van der Waals surface area contributed by atoms with Crippen LogP contribution in [0.15, 0.2) is 42.5 Å². The first kappa shape index (κ1) is 21.7. The molecule has 0 amide bonds. The number of benzene rings is 2. The number of hydrogen-bond acceptors (Lipinski definition) is 4. The number of hydrogen-bond donors (Lipinski definition) is 0. The average Bonchev–Trinajstić information content (AvgIpc) is 3.06. The normalized spacial score (nSPS) is 11.1. The minimum atomic E-state index is -0.0983. The number of halogens is 1. The molecule has 156 valence electrons. The molecule has 6 heteroatoms. The van der Waals surface area contributed by atoms with Gasteiger partial charge in [0.15, 0.2) is 0 Å². The maximum absolute atomic E-state index is 12.5. The predicted molar refractivity (Wildman–Crippen MR) is 120 cm³/mol. The number of methoxy groups -OCH3 is 1. The van der Waals surface area contributed by atoms with E-state index in [-0.39, 0.29) is 5.78 Å². The molecule has 0 unspecified atom stereocenters. The number of ketones is 1. The van der Waals surface area contributed by atoms with Crippen LogP contribution in [-0.2, 0) is 13.7 Å². The van der Waals surface area contributed by atoms with Crippen LogP contribution in [0.5, 0.6) is 11.5 Å². The zero-order chi connectivity index (χ0) is 21.8. The molecular weight excluding hydrogens is 400 g/mol. The van der Waals surface area contributed by atoms with Crippen molar-refractivity contribution in [1.29, 1.82) is 0 Å². The van der Waals surface area contributed by atoms with Gasteiger partial charge < -0.3 is 9.47 Å². The van der Waals surface area contributed by atoms with E-state index in [0.29, 0.717) is 12.3 Å². The Kier molecular flexibility index (Phi) is 6.63. The summed E-state index contributed by atoms with van der Waals surface area (Å²) in [6.45, 7) is 6.10. The van der Waals surface area contributed by atoms with Gasteiger partial charge in [-0.15, -0.1) is 0 Å². The molecule has 1 heterocycles. The Labute approximate surface area is 181 Å². The first-order valence-corrected chi connectivity index (χ1v) is 9.95. The second-order valence-corrected chi connectivity index (χ2v) is 7.60. The quantitative estimate of drug-likeness (QED) is 0.372. The predicted octanol–water partition coefficient (Wildman–Crippen LogP) is 5.48. The molecule has 5 nitrogen and oxygen atoms in total. The number of carbonyl (C=O) groups is 1. The molecule has 0 aliphatic rings. The Balaban J connectivity index is 1.78. The van der Waals surface area contributed by atoms with Gasteiger partial charge in [-0.2, -0.15) is 5.10 Å². The summed E-state index contributed by atoms with van der Waals surface area (Å²) in [6.07, 6.45) is 3.33. The van der Waals surface area contributed by atoms with Gasteiger partial charge in [-0.3, -0.25) is 9.48 Å². The maximum atomic E-state index is 12.5. The van der Waals surface area contributed by atoms with Crippen molar-refractivity contribution in [3.8, 4) is 11.5 Å². The summed E-state index contributed by atoms with van der Waals surface area (Å²) in [7, 11) is 3.39. The molecule has 0 aliphatic carbocycles. The highest BCUT2D eigenvalue weighted by Crippen LogP contribution is 2.28. The van der Waals surface area contributed by atoms with Crippen molar-refractivity contribution in [3.63, 3.8) is 0 Å². The fraction of sp³-hybridized carbons (Fsp3) is 0.250. The number of aryl methyl sites for hydroxylation is 4. The van der Waals surface area contributed by atoms with E-state index in [1.807, 2.05) is 51.1 Å². The van der Waals surface area contributed by atoms with Crippen LogP contribution in [0.2, 0.25) is 5.02 Å². The Morgan fingerprint density at radius 2 is 1.83 bits per heavy atom. The summed E-state index contributed by atoms with van der Waals surface area (Å²) in [4.78, 5) is 12.5. The van der Waals surface area contributed by atoms with Gasteiger partial charge in [-0.1, -0.05) is 23.7 Å². The fourth-order valence-electron chi connectivity index (χ4n) is 3.26. The van der Waals surface area contributed by atoms with E-state index < -0.39 is 0 Å². The first-order valence-electron chi connectivity index (χ1n) is 9.58. The van der Waals surface area contributed by atoms with Crippen molar-refractivity contribution in [2.45, 2.75) is 27.4 Å². The molecule has 0 spiro atoms. The van der Waals surface area contributed by atoms with E-state index in [0.717, 1.165) is 44.5 Å². The van der Waals surface area contributed by atoms with Gasteiger partial charge in [-0.05, 0) is 73.9 Å². The SMILES string of the molecule is COc1ccc(/C=C/C(=O)c2cc(C)nn2C)cc1COc1cc(C)c(Cl)c(C)c1. The molecule has 0 saturated heterocycles. The second kappa shape index (κ2) is 9.18. The minimum Gasteiger partial charge on any atom is -0.496 e. The van der Waals surface area contributed by atoms with Crippen molar-refractivity contribution in [3.05, 3.63) is 81.1 Å². The molecular formula is C24H25ClN2O3. The van der Waals surface area contributed by atoms with Crippen LogP contribution in [-0.4, -0.2) is 22.7 Å². The van der Waals surface area contributed by atoms with Crippen LogP contribution >= 0.6 is 11.6 Å². The standard InChI is InChI=1S/C24H25ClN2O3/c1-15-10-20(11-16(2)24(15)25)30-14-19-13-18(7-9-23(19)29-5)6-8-22(28)21-12-17(3)26-27(21)4/h6-13H,14H2,1-5H3/b8-6+. The van der Waals surface area contributed by atoms with Crippen LogP contribution in [0, 0.1) is 20.8 Å². The van der Waals surface area contributed by atoms with Crippen molar-refractivity contribution in [1.82, 2.24) is 9.78 Å². The molecule has 2 aromatic carbocycles. The Bertz CT molecular complexity index is 1090. The zero-order valence-electron chi connectivity index (χ0n) is 17.8. The summed E-state index contributed by atoms with van der Waals surface area (Å²) in [5.74, 6) is 1.38. The lowest BCUT2D eigenvalue weighted by Gasteiger charge is -2.13. The van der Waals surface area contributed by atoms with E-state index in [4.69, 9.17) is 21.1 Å². The summed E-state index contributed by atoms with van der Waals surface area (Å²) in [5.41, 5.74) is 5.07. The van der Waals surface area contributed by atoms with Gasteiger partial charge in [0.1, 0.15) is 23.8 Å². The van der Waals surface area contributed by atoms with E-state index in [2.05, 4.69) is 5.10 Å². The van der Waals surface area contributed by atoms with Gasteiger partial charge in [0.05, 0.1) is 12.8 Å². The van der Waals surface area contributed by atoms with Gasteiger partial charge in [0, 0.05) is 17.6 Å². The highest BCUT2D eigenvalue weighted by Gasteiger charge is 2.10. The number of nitrogens with zero attached hydrogens (tertiary/aromatic N) is 2. The van der Waals surface area contributed by atoms with Crippen molar-refractivity contribution >= 4 is 23.5 Å². The zero-order valence-corrected chi connectivity index (χ0v) is 18.6. The number of rotatable bonds is 7. The number of carbonyl (C=O) groups excluding carboxylic acids is 1. The molecule has 0 fully saturated rings. The molecule has 3 rings (SSSR count). The fourth-order valence-corrected chi connectivity index (χ4v) is 3.37. The highest BCUT2D eigenvalue weighted by atomic mass is 35.5. The van der Waals surface area contributed by atoms with E-state index in [1.54, 1.807) is 37.1 Å². The monoisotopic (exact) mass is 424 g/mol. The summed E-state index contributed by atoms with van der Waals surface area (Å²) in [5, 5.41) is 4.97. The third-order valence-electron chi connectivity index (χ3n) is 4.79. The molecule has 1 aromatic heterocycles. The Morgan fingerprint density at radius 3 is 2.43 bits per heavy atom. The van der Waals surface area contributed by atoms with Crippen LogP contribution in [0.1, 0.15) is 38.4 Å². The lowest BCUT2D eigenvalue weighted by molar-refractivity contribution is 0.103. The van der Waals surface area contributed by atoms with E-state index >= 15 is 0 Å². The molecule has 0 radical (unpaired) electrons. The lowest BCUT2D eigenvalue weighted by atomic mass is 10.1. The third kappa shape index (κ3) is 4.92. The first-order chi connectivity index (χ1) is 14.3. The molecule has 3 aromatic rings. The van der Waals surface area contributed by atoms with E-state index in [1.165, 1.54) is 0 Å². The third-order valence-corrected chi connectivity index (χ3v) is 5.39. The number of allylic oxidation sites excluding steroid dienone is 1. The summed E-state index contributed by atoms with van der Waals surface area (Å²) >= 11 is 6.23. The Morgan fingerprint density at radius 1 is 1.13 bits per heavy atom. The van der Waals surface area contributed by atoms with Crippen molar-refractivity contribution in [2.75, 3.05) is 7.11 Å². The van der Waals surface area contributed by atoms with Gasteiger partial charge in [-0.25, -0.2) is 0 Å². The van der Waals surface area contributed by atoms with E-state index in [9.17, 15) is 4.79 Å². The van der Waals surface area contributed by atoms with Crippen LogP contribution in [0.3, 0.4) is 0 Å². The number of ether oxygens (including phenoxy) is 2. The van der Waals surface area contributed by atoms with Crippen LogP contribution in [0.4, 0.5) is 0 Å². The van der Waals surface area contributed by atoms with Gasteiger partial charge >= 0.3 is 0 Å². The topological polar surface area (TPSA) is 53.3 Å². The average molecular weight is 425 g/mol. The number of aromatic nitrogens is 2. The molecule has 0 saturated carbocycles. The maximum Gasteiger partial charge on any atom is 0.203 e. The summed E-state index contributed by atoms with van der Waals surface area (Å²) < 4.78 is 13.0. The lowest BCUT2D eigenvalue weighted by Crippen LogP contribution is -2.04. The second-order valence-electron chi connectivity index (χ2n) is 7.22. The molecule has 0 bridgehead atoms. The molecule has 0 N–H and O–H groups in total. The van der Waals surface area contributed by atoms with Crippen LogP contribution < -0.4 is 9.47 Å². The van der Waals surface area contributed by atoms with Gasteiger partial charge in [0.25, 0.3) is 0 Å². The summed E-state index contributed by atoms with van der Waals surface area (Å²) in [6, 6.07) is 11.3. The van der Waals surface area contributed by atoms with Crippen molar-refractivity contribution < 1.29 is 14.3 Å². The van der Waals surface area contributed by atoms with Crippen LogP contribution in [0.25, 0.3) is 6.08 Å². The molecule has 0 atom stereocenters. The minimum absolute atomic E-state index is 0.0983. The molecule has 0 aliphatic heterocycles. The smallest absolute Gasteiger partial charge is 0.203 e. The molecule has 30 heavy (non-hydrogen) atoms. The largest absolute Gasteiger partial charge is 0.496 e.